The molecule has 1 atom stereocenters. The van der Waals surface area contributed by atoms with Crippen LogP contribution in [0, 0.1) is 12.8 Å². The monoisotopic (exact) mass is 340 g/mol. The summed E-state index contributed by atoms with van der Waals surface area (Å²) in [5.41, 5.74) is 0.623. The topological polar surface area (TPSA) is 75.5 Å². The van der Waals surface area contributed by atoms with Gasteiger partial charge >= 0.3 is 0 Å². The molecular weight excluding hydrogens is 316 g/mol. The van der Waals surface area contributed by atoms with E-state index >= 15 is 0 Å². The highest BCUT2D eigenvalue weighted by molar-refractivity contribution is 7.89. The van der Waals surface area contributed by atoms with E-state index in [4.69, 9.17) is 0 Å². The molecule has 0 spiro atoms. The van der Waals surface area contributed by atoms with Crippen molar-refractivity contribution in [2.75, 3.05) is 26.2 Å². The van der Waals surface area contributed by atoms with E-state index in [9.17, 15) is 13.2 Å². The molecule has 1 amide bonds. The Kier molecular flexibility index (Phi) is 4.46. The zero-order chi connectivity index (χ0) is 16.6. The van der Waals surface area contributed by atoms with Gasteiger partial charge in [-0.25, -0.2) is 8.42 Å². The van der Waals surface area contributed by atoms with Crippen LogP contribution >= 0.6 is 0 Å². The molecule has 0 radical (unpaired) electrons. The van der Waals surface area contributed by atoms with Crippen LogP contribution in [0.15, 0.2) is 11.1 Å². The van der Waals surface area contributed by atoms with Gasteiger partial charge < -0.3 is 4.90 Å². The molecule has 0 N–H and O–H groups in total. The van der Waals surface area contributed by atoms with E-state index in [0.717, 1.165) is 38.8 Å². The van der Waals surface area contributed by atoms with Crippen LogP contribution in [0.1, 0.15) is 31.4 Å². The van der Waals surface area contributed by atoms with Crippen molar-refractivity contribution in [3.8, 4) is 0 Å². The lowest BCUT2D eigenvalue weighted by atomic mass is 9.98. The minimum Gasteiger partial charge on any atom is -0.342 e. The Hall–Kier alpha value is -1.41. The number of carbonyl (C=O) groups is 1. The number of amides is 1. The fraction of sp³-hybridized carbons (Fsp3) is 0.733. The van der Waals surface area contributed by atoms with Crippen LogP contribution in [-0.4, -0.2) is 59.5 Å². The number of hydrogen-bond acceptors (Lipinski definition) is 4. The third-order valence-electron chi connectivity index (χ3n) is 4.96. The second kappa shape index (κ2) is 6.24. The maximum atomic E-state index is 12.9. The molecule has 2 aliphatic heterocycles. The summed E-state index contributed by atoms with van der Waals surface area (Å²) in [5, 5.41) is 4.03. The molecule has 0 aromatic carbocycles. The zero-order valence-electron chi connectivity index (χ0n) is 13.7. The van der Waals surface area contributed by atoms with Gasteiger partial charge in [0.15, 0.2) is 0 Å². The first-order valence-electron chi connectivity index (χ1n) is 8.19. The molecule has 2 saturated heterocycles. The van der Waals surface area contributed by atoms with E-state index in [2.05, 4.69) is 5.10 Å². The molecule has 0 saturated carbocycles. The van der Waals surface area contributed by atoms with Gasteiger partial charge in [-0.15, -0.1) is 0 Å². The summed E-state index contributed by atoms with van der Waals surface area (Å²) in [7, 11) is -1.86. The van der Waals surface area contributed by atoms with E-state index < -0.39 is 10.0 Å². The predicted octanol–water partition coefficient (Wildman–Crippen LogP) is 0.752. The maximum absolute atomic E-state index is 12.9. The van der Waals surface area contributed by atoms with Crippen molar-refractivity contribution in [1.29, 1.82) is 0 Å². The molecule has 0 bridgehead atoms. The fourth-order valence-electron chi connectivity index (χ4n) is 3.43. The summed E-state index contributed by atoms with van der Waals surface area (Å²) < 4.78 is 28.7. The number of nitrogens with zero attached hydrogens (tertiary/aromatic N) is 4. The third-order valence-corrected chi connectivity index (χ3v) is 6.93. The summed E-state index contributed by atoms with van der Waals surface area (Å²) in [4.78, 5) is 14.7. The van der Waals surface area contributed by atoms with Crippen LogP contribution in [-0.2, 0) is 21.9 Å². The summed E-state index contributed by atoms with van der Waals surface area (Å²) in [6, 6.07) is 0. The van der Waals surface area contributed by atoms with Gasteiger partial charge in [-0.1, -0.05) is 0 Å². The maximum Gasteiger partial charge on any atom is 0.246 e. The van der Waals surface area contributed by atoms with Gasteiger partial charge in [-0.3, -0.25) is 9.48 Å². The van der Waals surface area contributed by atoms with Crippen LogP contribution in [0.2, 0.25) is 0 Å². The highest BCUT2D eigenvalue weighted by atomic mass is 32.2. The Morgan fingerprint density at radius 2 is 1.91 bits per heavy atom. The Morgan fingerprint density at radius 3 is 2.52 bits per heavy atom. The molecule has 128 valence electrons. The van der Waals surface area contributed by atoms with Crippen molar-refractivity contribution in [3.63, 3.8) is 0 Å². The van der Waals surface area contributed by atoms with Crippen LogP contribution in [0.3, 0.4) is 0 Å². The van der Waals surface area contributed by atoms with Crippen molar-refractivity contribution in [3.05, 3.63) is 11.9 Å². The highest BCUT2D eigenvalue weighted by Crippen LogP contribution is 2.27. The highest BCUT2D eigenvalue weighted by Gasteiger charge is 2.36. The molecule has 3 heterocycles. The number of rotatable bonds is 3. The van der Waals surface area contributed by atoms with Gasteiger partial charge in [-0.05, 0) is 32.6 Å². The van der Waals surface area contributed by atoms with Crippen molar-refractivity contribution in [2.24, 2.45) is 13.0 Å². The lowest BCUT2D eigenvalue weighted by Gasteiger charge is -2.33. The van der Waals surface area contributed by atoms with E-state index in [0.29, 0.717) is 12.2 Å². The lowest BCUT2D eigenvalue weighted by Crippen LogP contribution is -2.46. The van der Waals surface area contributed by atoms with Crippen molar-refractivity contribution in [1.82, 2.24) is 19.0 Å². The smallest absolute Gasteiger partial charge is 0.246 e. The molecular formula is C15H24N4O3S. The van der Waals surface area contributed by atoms with Crippen molar-refractivity contribution in [2.45, 2.75) is 37.5 Å². The van der Waals surface area contributed by atoms with Gasteiger partial charge in [0, 0.05) is 33.2 Å². The molecule has 7 nitrogen and oxygen atoms in total. The molecule has 1 aromatic rings. The Morgan fingerprint density at radius 1 is 1.22 bits per heavy atom. The van der Waals surface area contributed by atoms with E-state index in [-0.39, 0.29) is 23.3 Å². The molecule has 3 rings (SSSR count). The fourth-order valence-corrected chi connectivity index (χ4v) is 5.14. The Balaban J connectivity index is 1.77. The largest absolute Gasteiger partial charge is 0.342 e. The Bertz CT molecular complexity index is 692. The number of sulfonamides is 1. The summed E-state index contributed by atoms with van der Waals surface area (Å²) in [6.45, 7) is 4.12. The number of hydrogen-bond donors (Lipinski definition) is 0. The minimum atomic E-state index is -3.58. The predicted molar refractivity (Wildman–Crippen MR) is 85.2 cm³/mol. The average Bonchev–Trinajstić information content (AvgIpc) is 3.18. The molecule has 8 heteroatoms. The van der Waals surface area contributed by atoms with Gasteiger partial charge in [0.2, 0.25) is 15.9 Å². The molecule has 1 unspecified atom stereocenters. The molecule has 2 fully saturated rings. The van der Waals surface area contributed by atoms with E-state index in [1.165, 1.54) is 10.5 Å². The first-order chi connectivity index (χ1) is 10.9. The summed E-state index contributed by atoms with van der Waals surface area (Å²) in [5.74, 6) is -0.0982. The molecule has 2 aliphatic rings. The first-order valence-corrected chi connectivity index (χ1v) is 9.63. The normalized spacial score (nSPS) is 23.4. The number of likely N-dealkylation sites (tertiary alicyclic amines) is 1. The molecule has 0 aliphatic carbocycles. The van der Waals surface area contributed by atoms with Gasteiger partial charge in [0.1, 0.15) is 4.90 Å². The summed E-state index contributed by atoms with van der Waals surface area (Å²) >= 11 is 0. The number of piperidine rings is 1. The summed E-state index contributed by atoms with van der Waals surface area (Å²) in [6.07, 6.45) is 5.00. The van der Waals surface area contributed by atoms with Gasteiger partial charge in [-0.2, -0.15) is 9.40 Å². The second-order valence-electron chi connectivity index (χ2n) is 6.45. The first kappa shape index (κ1) is 16.4. The number of carbonyl (C=O) groups excluding carboxylic acids is 1. The van der Waals surface area contributed by atoms with E-state index in [1.807, 2.05) is 4.90 Å². The lowest BCUT2D eigenvalue weighted by molar-refractivity contribution is -0.135. The average molecular weight is 340 g/mol. The standard InChI is InChI=1S/C15H24N4O3S/c1-12-14(10-16-17(12)2)23(21,22)19-9-5-6-13(11-19)15(20)18-7-3-4-8-18/h10,13H,3-9,11H2,1-2H3. The Labute approximate surface area is 137 Å². The molecule has 1 aromatic heterocycles. The van der Waals surface area contributed by atoms with Crippen LogP contribution in [0.25, 0.3) is 0 Å². The molecule has 23 heavy (non-hydrogen) atoms. The number of aryl methyl sites for hydroxylation is 1. The van der Waals surface area contributed by atoms with Crippen LogP contribution < -0.4 is 0 Å². The van der Waals surface area contributed by atoms with Gasteiger partial charge in [0.25, 0.3) is 0 Å². The number of aromatic nitrogens is 2. The minimum absolute atomic E-state index is 0.116. The SMILES string of the molecule is Cc1c(S(=O)(=O)N2CCCC(C(=O)N3CCCC3)C2)cnn1C. The van der Waals surface area contributed by atoms with Crippen molar-refractivity contribution >= 4 is 15.9 Å². The van der Waals surface area contributed by atoms with Gasteiger partial charge in [0.05, 0.1) is 17.8 Å². The van der Waals surface area contributed by atoms with Crippen molar-refractivity contribution < 1.29 is 13.2 Å². The van der Waals surface area contributed by atoms with Crippen LogP contribution in [0.5, 0.6) is 0 Å². The zero-order valence-corrected chi connectivity index (χ0v) is 14.5. The van der Waals surface area contributed by atoms with Crippen LogP contribution in [0.4, 0.5) is 0 Å². The third kappa shape index (κ3) is 3.01. The quantitative estimate of drug-likeness (QED) is 0.814. The van der Waals surface area contributed by atoms with E-state index in [1.54, 1.807) is 18.7 Å². The second-order valence-corrected chi connectivity index (χ2v) is 8.36.